The Kier molecular flexibility index (Phi) is 6.21. The SMILES string of the molecule is N=C(N)c1ccc(CNC(=O)c2cc(O)cc(Cl)c2)c(NCCO)c1. The fourth-order valence-electron chi connectivity index (χ4n) is 2.24. The van der Waals surface area contributed by atoms with Gasteiger partial charge in [-0.05, 0) is 29.8 Å². The fourth-order valence-corrected chi connectivity index (χ4v) is 2.47. The molecule has 0 aliphatic rings. The zero-order valence-corrected chi connectivity index (χ0v) is 14.1. The molecule has 0 bridgehead atoms. The van der Waals surface area contributed by atoms with Crippen LogP contribution in [0.25, 0.3) is 0 Å². The third kappa shape index (κ3) is 5.10. The average Bonchev–Trinajstić information content (AvgIpc) is 2.57. The minimum Gasteiger partial charge on any atom is -0.508 e. The lowest BCUT2D eigenvalue weighted by Gasteiger charge is -2.14. The lowest BCUT2D eigenvalue weighted by molar-refractivity contribution is 0.0950. The van der Waals surface area contributed by atoms with E-state index in [4.69, 9.17) is 27.9 Å². The number of carbonyl (C=O) groups excluding carboxylic acids is 1. The first kappa shape index (κ1) is 18.6. The number of amides is 1. The van der Waals surface area contributed by atoms with Crippen LogP contribution < -0.4 is 16.4 Å². The molecule has 0 aliphatic heterocycles. The van der Waals surface area contributed by atoms with Crippen LogP contribution in [0.1, 0.15) is 21.5 Å². The van der Waals surface area contributed by atoms with Gasteiger partial charge >= 0.3 is 0 Å². The largest absolute Gasteiger partial charge is 0.508 e. The number of phenolic OH excluding ortho intramolecular Hbond substituents is 1. The van der Waals surface area contributed by atoms with Gasteiger partial charge in [-0.25, -0.2) is 0 Å². The average molecular weight is 363 g/mol. The van der Waals surface area contributed by atoms with Crippen molar-refractivity contribution in [3.63, 3.8) is 0 Å². The molecule has 0 heterocycles. The van der Waals surface area contributed by atoms with Crippen LogP contribution in [0.4, 0.5) is 5.69 Å². The van der Waals surface area contributed by atoms with E-state index in [0.29, 0.717) is 17.8 Å². The molecule has 132 valence electrons. The molecule has 0 radical (unpaired) electrons. The molecule has 0 aromatic heterocycles. The molecular weight excluding hydrogens is 344 g/mol. The molecule has 0 fully saturated rings. The van der Waals surface area contributed by atoms with Crippen molar-refractivity contribution in [3.8, 4) is 5.75 Å². The number of nitrogen functional groups attached to an aromatic ring is 1. The molecule has 2 aromatic rings. The molecule has 0 aliphatic carbocycles. The van der Waals surface area contributed by atoms with Crippen molar-refractivity contribution >= 4 is 29.0 Å². The first-order valence-electron chi connectivity index (χ1n) is 7.50. The quantitative estimate of drug-likeness (QED) is 0.329. The minimum atomic E-state index is -0.387. The van der Waals surface area contributed by atoms with E-state index >= 15 is 0 Å². The Morgan fingerprint density at radius 1 is 1.20 bits per heavy atom. The summed E-state index contributed by atoms with van der Waals surface area (Å²) < 4.78 is 0. The van der Waals surface area contributed by atoms with Crippen molar-refractivity contribution in [1.29, 1.82) is 5.41 Å². The van der Waals surface area contributed by atoms with Gasteiger partial charge in [-0.2, -0.15) is 0 Å². The van der Waals surface area contributed by atoms with E-state index in [-0.39, 0.29) is 41.2 Å². The topological polar surface area (TPSA) is 131 Å². The second kappa shape index (κ2) is 8.36. The van der Waals surface area contributed by atoms with Crippen LogP contribution in [0.15, 0.2) is 36.4 Å². The highest BCUT2D eigenvalue weighted by atomic mass is 35.5. The maximum atomic E-state index is 12.2. The molecule has 2 aromatic carbocycles. The highest BCUT2D eigenvalue weighted by Crippen LogP contribution is 2.21. The molecule has 0 spiro atoms. The second-order valence-electron chi connectivity index (χ2n) is 5.32. The zero-order chi connectivity index (χ0) is 18.4. The van der Waals surface area contributed by atoms with Crippen LogP contribution in [0.5, 0.6) is 5.75 Å². The Bertz CT molecular complexity index is 775. The normalized spacial score (nSPS) is 10.3. The van der Waals surface area contributed by atoms with Gasteiger partial charge in [-0.1, -0.05) is 23.7 Å². The first-order chi connectivity index (χ1) is 11.9. The fraction of sp³-hybridized carbons (Fsp3) is 0.176. The van der Waals surface area contributed by atoms with Gasteiger partial charge in [-0.3, -0.25) is 10.2 Å². The first-order valence-corrected chi connectivity index (χ1v) is 7.88. The number of halogens is 1. The summed E-state index contributed by atoms with van der Waals surface area (Å²) in [7, 11) is 0. The summed E-state index contributed by atoms with van der Waals surface area (Å²) in [5.74, 6) is -0.549. The molecule has 8 heteroatoms. The van der Waals surface area contributed by atoms with Gasteiger partial charge in [0.15, 0.2) is 0 Å². The summed E-state index contributed by atoms with van der Waals surface area (Å²) in [5, 5.41) is 32.0. The van der Waals surface area contributed by atoms with Gasteiger partial charge in [-0.15, -0.1) is 0 Å². The van der Waals surface area contributed by atoms with Crippen molar-refractivity contribution in [1.82, 2.24) is 5.32 Å². The maximum Gasteiger partial charge on any atom is 0.251 e. The minimum absolute atomic E-state index is 0.0576. The van der Waals surface area contributed by atoms with Crippen LogP contribution in [0, 0.1) is 5.41 Å². The molecule has 2 rings (SSSR count). The number of benzene rings is 2. The van der Waals surface area contributed by atoms with Crippen molar-refractivity contribution < 1.29 is 15.0 Å². The molecule has 0 saturated carbocycles. The number of rotatable bonds is 7. The van der Waals surface area contributed by atoms with Gasteiger partial charge in [0.1, 0.15) is 11.6 Å². The van der Waals surface area contributed by atoms with Crippen molar-refractivity contribution in [3.05, 3.63) is 58.1 Å². The predicted molar refractivity (Wildman–Crippen MR) is 97.3 cm³/mol. The van der Waals surface area contributed by atoms with Gasteiger partial charge in [0, 0.05) is 34.9 Å². The van der Waals surface area contributed by atoms with Gasteiger partial charge in [0.2, 0.25) is 0 Å². The Hall–Kier alpha value is -2.77. The number of anilines is 1. The summed E-state index contributed by atoms with van der Waals surface area (Å²) in [6, 6.07) is 9.23. The monoisotopic (exact) mass is 362 g/mol. The summed E-state index contributed by atoms with van der Waals surface area (Å²) in [6.45, 7) is 0.473. The van der Waals surface area contributed by atoms with Crippen molar-refractivity contribution in [2.45, 2.75) is 6.54 Å². The van der Waals surface area contributed by atoms with Crippen LogP contribution in [0.3, 0.4) is 0 Å². The van der Waals surface area contributed by atoms with E-state index in [2.05, 4.69) is 10.6 Å². The lowest BCUT2D eigenvalue weighted by Crippen LogP contribution is -2.24. The van der Waals surface area contributed by atoms with Gasteiger partial charge in [0.05, 0.1) is 6.61 Å². The van der Waals surface area contributed by atoms with Crippen molar-refractivity contribution in [2.24, 2.45) is 5.73 Å². The third-order valence-corrected chi connectivity index (χ3v) is 3.65. The highest BCUT2D eigenvalue weighted by Gasteiger charge is 2.10. The number of aliphatic hydroxyl groups excluding tert-OH is 1. The third-order valence-electron chi connectivity index (χ3n) is 3.43. The number of carbonyl (C=O) groups is 1. The number of hydrogen-bond acceptors (Lipinski definition) is 5. The number of phenols is 1. The van der Waals surface area contributed by atoms with Gasteiger partial charge < -0.3 is 26.6 Å². The van der Waals surface area contributed by atoms with Crippen LogP contribution in [-0.4, -0.2) is 35.1 Å². The molecule has 1 amide bonds. The number of nitrogens with one attached hydrogen (secondary N) is 3. The standard InChI is InChI=1S/C17H19ClN4O3/c18-13-5-12(6-14(24)8-13)17(25)22-9-11-2-1-10(16(19)20)7-15(11)21-3-4-23/h1-2,5-8,21,23-24H,3-4,9H2,(H3,19,20)(H,22,25). The van der Waals surface area contributed by atoms with Crippen LogP contribution in [0.2, 0.25) is 5.02 Å². The smallest absolute Gasteiger partial charge is 0.251 e. The molecule has 0 saturated heterocycles. The van der Waals surface area contributed by atoms with E-state index in [1.165, 1.54) is 18.2 Å². The Balaban J connectivity index is 2.15. The number of amidine groups is 1. The Morgan fingerprint density at radius 3 is 2.60 bits per heavy atom. The summed E-state index contributed by atoms with van der Waals surface area (Å²) in [6.07, 6.45) is 0. The molecule has 7 nitrogen and oxygen atoms in total. The molecule has 0 unspecified atom stereocenters. The summed E-state index contributed by atoms with van der Waals surface area (Å²) >= 11 is 5.84. The van der Waals surface area contributed by atoms with E-state index in [1.807, 2.05) is 0 Å². The lowest BCUT2D eigenvalue weighted by atomic mass is 10.1. The van der Waals surface area contributed by atoms with E-state index in [1.54, 1.807) is 18.2 Å². The summed E-state index contributed by atoms with van der Waals surface area (Å²) in [4.78, 5) is 12.2. The zero-order valence-electron chi connectivity index (χ0n) is 13.3. The van der Waals surface area contributed by atoms with Crippen LogP contribution >= 0.6 is 11.6 Å². The highest BCUT2D eigenvalue weighted by molar-refractivity contribution is 6.31. The predicted octanol–water partition coefficient (Wildman–Crippen LogP) is 1.66. The number of hydrogen-bond donors (Lipinski definition) is 6. The molecule has 25 heavy (non-hydrogen) atoms. The van der Waals surface area contributed by atoms with Gasteiger partial charge in [0.25, 0.3) is 5.91 Å². The molecule has 0 atom stereocenters. The Labute approximate surface area is 149 Å². The second-order valence-corrected chi connectivity index (χ2v) is 5.75. The number of aromatic hydroxyl groups is 1. The molecular formula is C17H19ClN4O3. The maximum absolute atomic E-state index is 12.2. The Morgan fingerprint density at radius 2 is 1.96 bits per heavy atom. The van der Waals surface area contributed by atoms with Crippen LogP contribution in [-0.2, 0) is 6.54 Å². The number of nitrogens with two attached hydrogens (primary N) is 1. The molecule has 7 N–H and O–H groups in total. The van der Waals surface area contributed by atoms with Crippen molar-refractivity contribution in [2.75, 3.05) is 18.5 Å². The van der Waals surface area contributed by atoms with E-state index < -0.39 is 0 Å². The van der Waals surface area contributed by atoms with E-state index in [9.17, 15) is 9.90 Å². The van der Waals surface area contributed by atoms with E-state index in [0.717, 1.165) is 5.56 Å². The summed E-state index contributed by atoms with van der Waals surface area (Å²) in [5.41, 5.74) is 7.70. The number of aliphatic hydroxyl groups is 1.